The highest BCUT2D eigenvalue weighted by atomic mass is 35.5. The molecule has 2 amide bonds. The molecule has 2 aromatic carbocycles. The van der Waals surface area contributed by atoms with E-state index in [1.165, 1.54) is 30.1 Å². The maximum Gasteiger partial charge on any atom is 0.309 e. The number of nitrogens with one attached hydrogen (secondary N) is 2. The second kappa shape index (κ2) is 13.1. The number of fused-ring (bicyclic) bond motifs is 4. The van der Waals surface area contributed by atoms with Crippen LogP contribution in [0.15, 0.2) is 48.7 Å². The highest BCUT2D eigenvalue weighted by Gasteiger charge is 2.26. The predicted octanol–water partition coefficient (Wildman–Crippen LogP) is 6.03. The van der Waals surface area contributed by atoms with Crippen molar-refractivity contribution < 1.29 is 23.5 Å². The van der Waals surface area contributed by atoms with Crippen molar-refractivity contribution in [3.8, 4) is 16.8 Å². The van der Waals surface area contributed by atoms with Crippen LogP contribution >= 0.6 is 23.2 Å². The summed E-state index contributed by atoms with van der Waals surface area (Å²) in [6.45, 7) is 3.49. The van der Waals surface area contributed by atoms with Gasteiger partial charge in [-0.15, -0.1) is 5.10 Å². The van der Waals surface area contributed by atoms with Crippen molar-refractivity contribution in [2.45, 2.75) is 45.6 Å². The second-order valence-corrected chi connectivity index (χ2v) is 11.3. The van der Waals surface area contributed by atoms with Crippen LogP contribution in [0.4, 0.5) is 10.1 Å². The molecule has 0 saturated heterocycles. The number of aromatic nitrogens is 4. The van der Waals surface area contributed by atoms with Gasteiger partial charge >= 0.3 is 5.97 Å². The maximum atomic E-state index is 14.7. The number of rotatable bonds is 5. The summed E-state index contributed by atoms with van der Waals surface area (Å²) in [5.41, 5.74) is 3.42. The summed E-state index contributed by atoms with van der Waals surface area (Å²) in [6.07, 6.45) is 2.97. The average Bonchev–Trinajstić information content (AvgIpc) is 3.38. The fourth-order valence-corrected chi connectivity index (χ4v) is 5.47. The quantitative estimate of drug-likeness (QED) is 0.255. The van der Waals surface area contributed by atoms with Crippen molar-refractivity contribution in [2.24, 2.45) is 5.92 Å². The predicted molar refractivity (Wildman–Crippen MR) is 163 cm³/mol. The number of nitrogens with zero attached hydrogens (tertiary/aromatic N) is 4. The Balaban J connectivity index is 1.51. The molecule has 2 N–H and O–H groups in total. The number of esters is 1. The van der Waals surface area contributed by atoms with Crippen molar-refractivity contribution in [1.29, 1.82) is 0 Å². The minimum atomic E-state index is -0.647. The molecule has 0 aliphatic carbocycles. The highest BCUT2D eigenvalue weighted by molar-refractivity contribution is 6.32. The molecule has 10 nitrogen and oxygen atoms in total. The number of carbonyl (C=O) groups is 3. The van der Waals surface area contributed by atoms with E-state index in [0.29, 0.717) is 53.0 Å². The lowest BCUT2D eigenvalue weighted by Crippen LogP contribution is -2.30. The third-order valence-electron chi connectivity index (χ3n) is 7.63. The van der Waals surface area contributed by atoms with Gasteiger partial charge < -0.3 is 15.4 Å². The zero-order valence-electron chi connectivity index (χ0n) is 24.2. The Bertz CT molecular complexity index is 1760. The summed E-state index contributed by atoms with van der Waals surface area (Å²) >= 11 is 12.5. The van der Waals surface area contributed by atoms with E-state index in [1.54, 1.807) is 37.3 Å². The molecule has 2 aromatic heterocycles. The average molecular weight is 640 g/mol. The molecule has 2 bridgehead atoms. The van der Waals surface area contributed by atoms with Crippen molar-refractivity contribution >= 4 is 46.7 Å². The van der Waals surface area contributed by atoms with Crippen LogP contribution in [-0.2, 0) is 20.7 Å². The molecule has 0 saturated carbocycles. The summed E-state index contributed by atoms with van der Waals surface area (Å²) in [6, 6.07) is 10.9. The van der Waals surface area contributed by atoms with Gasteiger partial charge in [-0.2, -0.15) is 10.2 Å². The van der Waals surface area contributed by atoms with Gasteiger partial charge in [-0.1, -0.05) is 54.7 Å². The van der Waals surface area contributed by atoms with E-state index >= 15 is 0 Å². The van der Waals surface area contributed by atoms with E-state index in [4.69, 9.17) is 27.9 Å². The number of ether oxygens (including phenoxy) is 1. The molecule has 1 aliphatic heterocycles. The Hall–Kier alpha value is -4.35. The Labute approximate surface area is 262 Å². The van der Waals surface area contributed by atoms with Gasteiger partial charge in [-0.3, -0.25) is 14.4 Å². The van der Waals surface area contributed by atoms with Gasteiger partial charge in [0.15, 0.2) is 11.0 Å². The Morgan fingerprint density at radius 1 is 1.14 bits per heavy atom. The molecule has 3 heterocycles. The monoisotopic (exact) mass is 638 g/mol. The molecule has 0 fully saturated rings. The van der Waals surface area contributed by atoms with E-state index in [0.717, 1.165) is 0 Å². The first kappa shape index (κ1) is 31.1. The number of amides is 2. The molecule has 0 radical (unpaired) electrons. The normalized spacial score (nSPS) is 16.6. The number of hydrogen-bond donors (Lipinski definition) is 2. The lowest BCUT2D eigenvalue weighted by Gasteiger charge is -2.22. The zero-order valence-corrected chi connectivity index (χ0v) is 25.7. The number of benzene rings is 2. The summed E-state index contributed by atoms with van der Waals surface area (Å²) in [5.74, 6) is -2.05. The summed E-state index contributed by atoms with van der Waals surface area (Å²) in [5, 5.41) is 18.7. The number of anilines is 1. The van der Waals surface area contributed by atoms with Gasteiger partial charge in [-0.05, 0) is 49.6 Å². The van der Waals surface area contributed by atoms with Crippen LogP contribution in [-0.4, -0.2) is 44.9 Å². The van der Waals surface area contributed by atoms with Crippen LogP contribution in [0.25, 0.3) is 16.8 Å². The second-order valence-electron chi connectivity index (χ2n) is 10.6. The standard InChI is InChI=1S/C31H29Cl2FN6O4/c1-16-6-4-8-23(36-31(43)21-15-35-40(17(21)2)26-9-5-7-22(32)28(26)34)25-14-20(29(33)39-38-25)19-11-10-18(13-27(41)44-3)12-24(19)37-30(16)42/h5,7,9-12,14-16,23H,4,6,8,13H2,1-3H3,(H,36,43)(H,37,42)/t16-,23-/m0/s1. The molecule has 1 aliphatic rings. The smallest absolute Gasteiger partial charge is 0.309 e. The number of halogens is 3. The van der Waals surface area contributed by atoms with Crippen molar-refractivity contribution in [3.05, 3.63) is 87.2 Å². The molecule has 5 rings (SSSR count). The molecule has 0 spiro atoms. The van der Waals surface area contributed by atoms with E-state index < -0.39 is 23.7 Å². The van der Waals surface area contributed by atoms with Crippen molar-refractivity contribution in [1.82, 2.24) is 25.3 Å². The van der Waals surface area contributed by atoms with Crippen LogP contribution in [0.1, 0.15) is 59.5 Å². The molecule has 13 heteroatoms. The van der Waals surface area contributed by atoms with E-state index in [2.05, 4.69) is 25.9 Å². The van der Waals surface area contributed by atoms with Gasteiger partial charge in [-0.25, -0.2) is 9.07 Å². The van der Waals surface area contributed by atoms with Crippen LogP contribution < -0.4 is 10.6 Å². The maximum absolute atomic E-state index is 14.7. The largest absolute Gasteiger partial charge is 0.469 e. The topological polar surface area (TPSA) is 128 Å². The summed E-state index contributed by atoms with van der Waals surface area (Å²) < 4.78 is 20.8. The molecule has 0 unspecified atom stereocenters. The lowest BCUT2D eigenvalue weighted by atomic mass is 9.95. The zero-order chi connectivity index (χ0) is 31.5. The van der Waals surface area contributed by atoms with Crippen LogP contribution in [0.5, 0.6) is 0 Å². The molecular weight excluding hydrogens is 610 g/mol. The van der Waals surface area contributed by atoms with Gasteiger partial charge in [0.1, 0.15) is 5.69 Å². The summed E-state index contributed by atoms with van der Waals surface area (Å²) in [7, 11) is 1.31. The van der Waals surface area contributed by atoms with Crippen LogP contribution in [0.2, 0.25) is 10.2 Å². The Morgan fingerprint density at radius 2 is 1.93 bits per heavy atom. The first-order valence-corrected chi connectivity index (χ1v) is 14.7. The van der Waals surface area contributed by atoms with Crippen molar-refractivity contribution in [2.75, 3.05) is 12.4 Å². The van der Waals surface area contributed by atoms with Gasteiger partial charge in [0.2, 0.25) is 5.91 Å². The fourth-order valence-electron chi connectivity index (χ4n) is 5.11. The molecule has 228 valence electrons. The number of methoxy groups -OCH3 is 1. The first-order valence-electron chi connectivity index (χ1n) is 13.9. The molecule has 2 atom stereocenters. The van der Waals surface area contributed by atoms with E-state index in [-0.39, 0.29) is 39.7 Å². The third kappa shape index (κ3) is 6.44. The number of carbonyl (C=O) groups excluding carboxylic acids is 3. The fraction of sp³-hybridized carbons (Fsp3) is 0.290. The van der Waals surface area contributed by atoms with E-state index in [9.17, 15) is 18.8 Å². The molecular formula is C31H29Cl2FN6O4. The van der Waals surface area contributed by atoms with Gasteiger partial charge in [0, 0.05) is 22.7 Å². The molecule has 44 heavy (non-hydrogen) atoms. The molecule has 4 aromatic rings. The Morgan fingerprint density at radius 3 is 2.70 bits per heavy atom. The van der Waals surface area contributed by atoms with E-state index in [1.807, 2.05) is 6.92 Å². The lowest BCUT2D eigenvalue weighted by molar-refractivity contribution is -0.139. The Kier molecular flexibility index (Phi) is 9.26. The number of hydrogen-bond acceptors (Lipinski definition) is 7. The summed E-state index contributed by atoms with van der Waals surface area (Å²) in [4.78, 5) is 38.6. The minimum Gasteiger partial charge on any atom is -0.469 e. The van der Waals surface area contributed by atoms with Gasteiger partial charge in [0.05, 0.1) is 47.7 Å². The van der Waals surface area contributed by atoms with Gasteiger partial charge in [0.25, 0.3) is 5.91 Å². The van der Waals surface area contributed by atoms with Crippen LogP contribution in [0, 0.1) is 18.7 Å². The first-order chi connectivity index (χ1) is 21.1. The minimum absolute atomic E-state index is 0.0246. The SMILES string of the molecule is COC(=O)Cc1ccc2c(c1)NC(=O)[C@@H](C)CCC[C@H](NC(=O)c1cnn(-c3cccc(Cl)c3F)c1C)c1cc-2c(Cl)nn1. The van der Waals surface area contributed by atoms with Crippen LogP contribution in [0.3, 0.4) is 0 Å². The van der Waals surface area contributed by atoms with Crippen molar-refractivity contribution in [3.63, 3.8) is 0 Å². The third-order valence-corrected chi connectivity index (χ3v) is 8.20. The highest BCUT2D eigenvalue weighted by Crippen LogP contribution is 2.36.